The van der Waals surface area contributed by atoms with Crippen molar-refractivity contribution >= 4 is 11.3 Å². The quantitative estimate of drug-likeness (QED) is 0.695. The van der Waals surface area contributed by atoms with E-state index in [1.165, 1.54) is 17.5 Å². The molecule has 3 nitrogen and oxygen atoms in total. The minimum absolute atomic E-state index is 0.278. The zero-order valence-corrected chi connectivity index (χ0v) is 15.6. The molecule has 134 valence electrons. The third kappa shape index (κ3) is 4.15. The number of nitrogens with zero attached hydrogens (tertiary/aromatic N) is 1. The summed E-state index contributed by atoms with van der Waals surface area (Å²) in [6.45, 7) is 4.31. The molecule has 26 heavy (non-hydrogen) atoms. The van der Waals surface area contributed by atoms with Crippen LogP contribution < -0.4 is 10.1 Å². The van der Waals surface area contributed by atoms with Gasteiger partial charge < -0.3 is 10.1 Å². The Kier molecular flexibility index (Phi) is 5.65. The van der Waals surface area contributed by atoms with E-state index in [0.717, 1.165) is 37.7 Å². The van der Waals surface area contributed by atoms with E-state index in [4.69, 9.17) is 4.74 Å². The van der Waals surface area contributed by atoms with Crippen LogP contribution in [0.2, 0.25) is 0 Å². The molecule has 3 aromatic rings. The van der Waals surface area contributed by atoms with Crippen molar-refractivity contribution in [3.05, 3.63) is 82.6 Å². The van der Waals surface area contributed by atoms with Gasteiger partial charge in [-0.1, -0.05) is 30.3 Å². The third-order valence-corrected chi connectivity index (χ3v) is 5.45. The maximum atomic E-state index is 6.07. The second-order valence-corrected chi connectivity index (χ2v) is 7.37. The molecule has 0 bridgehead atoms. The molecule has 1 aliphatic rings. The van der Waals surface area contributed by atoms with Crippen molar-refractivity contribution in [3.63, 3.8) is 0 Å². The van der Waals surface area contributed by atoms with Crippen molar-refractivity contribution in [2.45, 2.75) is 12.5 Å². The zero-order valence-electron chi connectivity index (χ0n) is 14.8. The van der Waals surface area contributed by atoms with Crippen molar-refractivity contribution in [2.75, 3.05) is 26.2 Å². The van der Waals surface area contributed by atoms with Crippen LogP contribution in [-0.4, -0.2) is 31.1 Å². The summed E-state index contributed by atoms with van der Waals surface area (Å²) in [6.07, 6.45) is 1.18. The molecule has 0 spiro atoms. The summed E-state index contributed by atoms with van der Waals surface area (Å²) in [7, 11) is 0. The summed E-state index contributed by atoms with van der Waals surface area (Å²) in [5.41, 5.74) is 2.66. The average molecular weight is 365 g/mol. The lowest BCUT2D eigenvalue weighted by atomic mass is 9.99. The highest BCUT2D eigenvalue weighted by Crippen LogP contribution is 2.33. The van der Waals surface area contributed by atoms with E-state index in [-0.39, 0.29) is 6.04 Å². The highest BCUT2D eigenvalue weighted by atomic mass is 32.1. The van der Waals surface area contributed by atoms with E-state index >= 15 is 0 Å². The van der Waals surface area contributed by atoms with Gasteiger partial charge in [0.05, 0.1) is 6.04 Å². The molecule has 0 radical (unpaired) electrons. The van der Waals surface area contributed by atoms with Gasteiger partial charge in [0.1, 0.15) is 11.5 Å². The summed E-state index contributed by atoms with van der Waals surface area (Å²) in [5.74, 6) is 1.76. The number of nitrogens with one attached hydrogen (secondary N) is 1. The average Bonchev–Trinajstić information content (AvgIpc) is 3.06. The summed E-state index contributed by atoms with van der Waals surface area (Å²) < 4.78 is 6.07. The number of hydrogen-bond donors (Lipinski definition) is 1. The largest absolute Gasteiger partial charge is 0.457 e. The van der Waals surface area contributed by atoms with Gasteiger partial charge in [-0.15, -0.1) is 0 Å². The molecule has 2 heterocycles. The number of ether oxygens (including phenoxy) is 1. The highest BCUT2D eigenvalue weighted by molar-refractivity contribution is 7.08. The molecule has 1 aromatic heterocycles. The van der Waals surface area contributed by atoms with Crippen molar-refractivity contribution < 1.29 is 4.74 Å². The predicted octanol–water partition coefficient (Wildman–Crippen LogP) is 4.93. The summed E-state index contributed by atoms with van der Waals surface area (Å²) in [4.78, 5) is 2.59. The summed E-state index contributed by atoms with van der Waals surface area (Å²) in [5, 5.41) is 7.95. The Morgan fingerprint density at radius 2 is 1.77 bits per heavy atom. The maximum Gasteiger partial charge on any atom is 0.127 e. The molecular weight excluding hydrogens is 340 g/mol. The normalized spacial score (nSPS) is 16.8. The SMILES string of the molecule is c1ccc(Oc2cccc(C(c3ccsc3)N3CCCNCC3)c2)cc1. The third-order valence-electron chi connectivity index (χ3n) is 4.75. The lowest BCUT2D eigenvalue weighted by Gasteiger charge is -2.30. The van der Waals surface area contributed by atoms with Gasteiger partial charge in [-0.2, -0.15) is 11.3 Å². The molecule has 1 saturated heterocycles. The Morgan fingerprint density at radius 3 is 2.62 bits per heavy atom. The minimum Gasteiger partial charge on any atom is -0.457 e. The summed E-state index contributed by atoms with van der Waals surface area (Å²) in [6, 6.07) is 21.0. The lowest BCUT2D eigenvalue weighted by molar-refractivity contribution is 0.241. The van der Waals surface area contributed by atoms with Gasteiger partial charge in [-0.3, -0.25) is 4.90 Å². The standard InChI is InChI=1S/C22H24N2OS/c1-2-7-20(8-3-1)25-21-9-4-6-18(16-21)22(19-10-15-26-17-19)24-13-5-11-23-12-14-24/h1-4,6-10,15-17,22-23H,5,11-14H2. The molecule has 1 aliphatic heterocycles. The Bertz CT molecular complexity index is 796. The molecule has 0 aliphatic carbocycles. The lowest BCUT2D eigenvalue weighted by Crippen LogP contribution is -2.32. The fraction of sp³-hybridized carbons (Fsp3) is 0.273. The number of benzene rings is 2. The molecule has 0 amide bonds. The first-order chi connectivity index (χ1) is 12.9. The van der Waals surface area contributed by atoms with E-state index in [2.05, 4.69) is 45.2 Å². The Morgan fingerprint density at radius 1 is 0.885 bits per heavy atom. The van der Waals surface area contributed by atoms with Gasteiger partial charge in [0, 0.05) is 19.6 Å². The maximum absolute atomic E-state index is 6.07. The van der Waals surface area contributed by atoms with E-state index in [9.17, 15) is 0 Å². The van der Waals surface area contributed by atoms with Crippen LogP contribution in [0.15, 0.2) is 71.4 Å². The van der Waals surface area contributed by atoms with Crippen LogP contribution in [0.4, 0.5) is 0 Å². The molecule has 4 heteroatoms. The van der Waals surface area contributed by atoms with Crippen LogP contribution in [0.5, 0.6) is 11.5 Å². The smallest absolute Gasteiger partial charge is 0.127 e. The zero-order chi connectivity index (χ0) is 17.6. The first kappa shape index (κ1) is 17.3. The van der Waals surface area contributed by atoms with E-state index < -0.39 is 0 Å². The first-order valence-electron chi connectivity index (χ1n) is 9.20. The van der Waals surface area contributed by atoms with Crippen molar-refractivity contribution in [1.82, 2.24) is 10.2 Å². The Balaban J connectivity index is 1.64. The minimum atomic E-state index is 0.278. The fourth-order valence-electron chi connectivity index (χ4n) is 3.54. The monoisotopic (exact) mass is 364 g/mol. The molecule has 1 atom stereocenters. The van der Waals surface area contributed by atoms with Crippen molar-refractivity contribution in [3.8, 4) is 11.5 Å². The molecule has 2 aromatic carbocycles. The second kappa shape index (κ2) is 8.49. The van der Waals surface area contributed by atoms with E-state index in [1.807, 2.05) is 36.4 Å². The van der Waals surface area contributed by atoms with Gasteiger partial charge in [0.15, 0.2) is 0 Å². The summed E-state index contributed by atoms with van der Waals surface area (Å²) >= 11 is 1.77. The molecule has 1 fully saturated rings. The van der Waals surface area contributed by atoms with Gasteiger partial charge >= 0.3 is 0 Å². The number of rotatable bonds is 5. The predicted molar refractivity (Wildman–Crippen MR) is 108 cm³/mol. The van der Waals surface area contributed by atoms with E-state index in [1.54, 1.807) is 11.3 Å². The van der Waals surface area contributed by atoms with Crippen molar-refractivity contribution in [1.29, 1.82) is 0 Å². The molecule has 1 N–H and O–H groups in total. The fourth-order valence-corrected chi connectivity index (χ4v) is 4.22. The highest BCUT2D eigenvalue weighted by Gasteiger charge is 2.24. The van der Waals surface area contributed by atoms with Gasteiger partial charge in [-0.05, 0) is 65.2 Å². The molecule has 1 unspecified atom stereocenters. The van der Waals surface area contributed by atoms with Crippen LogP contribution in [-0.2, 0) is 0 Å². The van der Waals surface area contributed by atoms with Gasteiger partial charge in [0.25, 0.3) is 0 Å². The molecular formula is C22H24N2OS. The van der Waals surface area contributed by atoms with Crippen molar-refractivity contribution in [2.24, 2.45) is 0 Å². The topological polar surface area (TPSA) is 24.5 Å². The molecule has 0 saturated carbocycles. The number of hydrogen-bond acceptors (Lipinski definition) is 4. The molecule has 4 rings (SSSR count). The van der Waals surface area contributed by atoms with E-state index in [0.29, 0.717) is 0 Å². The number of para-hydroxylation sites is 1. The van der Waals surface area contributed by atoms with Gasteiger partial charge in [0.2, 0.25) is 0 Å². The Hall–Kier alpha value is -2.14. The van der Waals surface area contributed by atoms with Crippen LogP contribution >= 0.6 is 11.3 Å². The van der Waals surface area contributed by atoms with Crippen LogP contribution in [0.3, 0.4) is 0 Å². The van der Waals surface area contributed by atoms with Crippen LogP contribution in [0.1, 0.15) is 23.6 Å². The first-order valence-corrected chi connectivity index (χ1v) is 10.1. The second-order valence-electron chi connectivity index (χ2n) is 6.59. The van der Waals surface area contributed by atoms with Crippen LogP contribution in [0, 0.1) is 0 Å². The van der Waals surface area contributed by atoms with Crippen LogP contribution in [0.25, 0.3) is 0 Å². The Labute approximate surface area is 159 Å². The van der Waals surface area contributed by atoms with Gasteiger partial charge in [-0.25, -0.2) is 0 Å². The number of thiophene rings is 1.